The summed E-state index contributed by atoms with van der Waals surface area (Å²) in [5, 5.41) is 4.19. The summed E-state index contributed by atoms with van der Waals surface area (Å²) in [6.07, 6.45) is 2.73. The molecular formula is C14H22N2O2S. The molecule has 4 nitrogen and oxygen atoms in total. The molecule has 0 bridgehead atoms. The van der Waals surface area contributed by atoms with E-state index in [1.807, 2.05) is 32.0 Å². The molecule has 5 heteroatoms. The van der Waals surface area contributed by atoms with Crippen molar-refractivity contribution in [1.29, 1.82) is 0 Å². The van der Waals surface area contributed by atoms with Gasteiger partial charge in [0.2, 0.25) is 0 Å². The van der Waals surface area contributed by atoms with Crippen LogP contribution in [0.5, 0.6) is 0 Å². The number of hydrogen-bond acceptors (Lipinski definition) is 5. The minimum absolute atomic E-state index is 0.202. The zero-order chi connectivity index (χ0) is 14.1. The first kappa shape index (κ1) is 16.0. The van der Waals surface area contributed by atoms with E-state index >= 15 is 0 Å². The Kier molecular flexibility index (Phi) is 6.87. The summed E-state index contributed by atoms with van der Waals surface area (Å²) in [6.45, 7) is 6.97. The Morgan fingerprint density at radius 1 is 1.47 bits per heavy atom. The van der Waals surface area contributed by atoms with Crippen molar-refractivity contribution in [3.05, 3.63) is 24.4 Å². The SMILES string of the molecule is CCCNC(C)(CSc1ccccn1)C(=O)OCC. The van der Waals surface area contributed by atoms with Gasteiger partial charge < -0.3 is 10.1 Å². The van der Waals surface area contributed by atoms with Crippen LogP contribution < -0.4 is 5.32 Å². The average molecular weight is 282 g/mol. The first-order valence-corrected chi connectivity index (χ1v) is 7.57. The second-order valence-electron chi connectivity index (χ2n) is 4.44. The number of ether oxygens (including phenoxy) is 1. The quantitative estimate of drug-likeness (QED) is 0.586. The van der Waals surface area contributed by atoms with E-state index in [4.69, 9.17) is 4.74 Å². The smallest absolute Gasteiger partial charge is 0.326 e. The van der Waals surface area contributed by atoms with Crippen molar-refractivity contribution < 1.29 is 9.53 Å². The van der Waals surface area contributed by atoms with E-state index in [0.29, 0.717) is 12.4 Å². The van der Waals surface area contributed by atoms with Crippen LogP contribution in [0.15, 0.2) is 29.4 Å². The molecule has 0 fully saturated rings. The van der Waals surface area contributed by atoms with Gasteiger partial charge in [0.05, 0.1) is 11.6 Å². The standard InChI is InChI=1S/C14H22N2O2S/c1-4-9-16-14(3,13(17)18-5-2)11-19-12-8-6-7-10-15-12/h6-8,10,16H,4-5,9,11H2,1-3H3. The number of carbonyl (C=O) groups excluding carboxylic acids is 1. The van der Waals surface area contributed by atoms with Crippen LogP contribution in [0, 0.1) is 0 Å². The molecule has 0 spiro atoms. The summed E-state index contributed by atoms with van der Waals surface area (Å²) in [5.41, 5.74) is -0.672. The molecule has 1 unspecified atom stereocenters. The lowest BCUT2D eigenvalue weighted by Crippen LogP contribution is -2.52. The molecule has 1 aromatic rings. The lowest BCUT2D eigenvalue weighted by Gasteiger charge is -2.28. The molecule has 0 aliphatic carbocycles. The summed E-state index contributed by atoms with van der Waals surface area (Å²) in [5.74, 6) is 0.398. The van der Waals surface area contributed by atoms with Gasteiger partial charge in [-0.05, 0) is 38.9 Å². The fraction of sp³-hybridized carbons (Fsp3) is 0.571. The Morgan fingerprint density at radius 3 is 2.84 bits per heavy atom. The van der Waals surface area contributed by atoms with Gasteiger partial charge in [-0.1, -0.05) is 13.0 Å². The number of nitrogens with zero attached hydrogens (tertiary/aromatic N) is 1. The first-order chi connectivity index (χ1) is 9.12. The highest BCUT2D eigenvalue weighted by atomic mass is 32.2. The summed E-state index contributed by atoms with van der Waals surface area (Å²) in [7, 11) is 0. The topological polar surface area (TPSA) is 51.2 Å². The van der Waals surface area contributed by atoms with Crippen LogP contribution in [0.4, 0.5) is 0 Å². The number of pyridine rings is 1. The fourth-order valence-corrected chi connectivity index (χ4v) is 2.49. The molecule has 1 heterocycles. The number of nitrogens with one attached hydrogen (secondary N) is 1. The van der Waals surface area contributed by atoms with Crippen LogP contribution >= 0.6 is 11.8 Å². The lowest BCUT2D eigenvalue weighted by atomic mass is 10.1. The predicted molar refractivity (Wildman–Crippen MR) is 78.3 cm³/mol. The number of hydrogen-bond donors (Lipinski definition) is 1. The van der Waals surface area contributed by atoms with Gasteiger partial charge in [-0.15, -0.1) is 11.8 Å². The monoisotopic (exact) mass is 282 g/mol. The third-order valence-electron chi connectivity index (χ3n) is 2.64. The Bertz CT molecular complexity index is 386. The Hall–Kier alpha value is -1.07. The highest BCUT2D eigenvalue weighted by Gasteiger charge is 2.34. The number of esters is 1. The highest BCUT2D eigenvalue weighted by molar-refractivity contribution is 7.99. The molecule has 0 amide bonds. The maximum Gasteiger partial charge on any atom is 0.326 e. The van der Waals surface area contributed by atoms with Gasteiger partial charge in [-0.2, -0.15) is 0 Å². The van der Waals surface area contributed by atoms with Crippen molar-refractivity contribution in [1.82, 2.24) is 10.3 Å². The second-order valence-corrected chi connectivity index (χ2v) is 5.43. The number of carbonyl (C=O) groups is 1. The van der Waals surface area contributed by atoms with Crippen LogP contribution in [-0.2, 0) is 9.53 Å². The molecule has 1 rings (SSSR count). The van der Waals surface area contributed by atoms with Gasteiger partial charge in [-0.25, -0.2) is 4.98 Å². The molecule has 1 atom stereocenters. The molecule has 0 saturated carbocycles. The van der Waals surface area contributed by atoms with E-state index in [9.17, 15) is 4.79 Å². The first-order valence-electron chi connectivity index (χ1n) is 6.58. The van der Waals surface area contributed by atoms with Crippen LogP contribution in [0.25, 0.3) is 0 Å². The van der Waals surface area contributed by atoms with Gasteiger partial charge in [0.15, 0.2) is 0 Å². The third-order valence-corrected chi connectivity index (χ3v) is 3.90. The van der Waals surface area contributed by atoms with Crippen molar-refractivity contribution in [2.75, 3.05) is 18.9 Å². The zero-order valence-corrected chi connectivity index (χ0v) is 12.6. The van der Waals surface area contributed by atoms with Gasteiger partial charge >= 0.3 is 5.97 Å². The maximum atomic E-state index is 12.1. The average Bonchev–Trinajstić information content (AvgIpc) is 2.44. The largest absolute Gasteiger partial charge is 0.465 e. The van der Waals surface area contributed by atoms with E-state index in [-0.39, 0.29) is 5.97 Å². The van der Waals surface area contributed by atoms with Crippen LogP contribution in [-0.4, -0.2) is 35.4 Å². The molecule has 0 aliphatic rings. The summed E-state index contributed by atoms with van der Waals surface area (Å²) < 4.78 is 5.16. The molecule has 1 aromatic heterocycles. The maximum absolute atomic E-state index is 12.1. The minimum Gasteiger partial charge on any atom is -0.465 e. The molecule has 106 valence electrons. The molecule has 0 radical (unpaired) electrons. The Morgan fingerprint density at radius 2 is 2.26 bits per heavy atom. The van der Waals surface area contributed by atoms with Gasteiger partial charge in [0.1, 0.15) is 5.54 Å². The summed E-state index contributed by atoms with van der Waals surface area (Å²) in [4.78, 5) is 16.3. The van der Waals surface area contributed by atoms with Crippen LogP contribution in [0.3, 0.4) is 0 Å². The number of rotatable bonds is 8. The van der Waals surface area contributed by atoms with Crippen LogP contribution in [0.2, 0.25) is 0 Å². The second kappa shape index (κ2) is 8.17. The molecule has 0 saturated heterocycles. The van der Waals surface area contributed by atoms with Gasteiger partial charge in [0.25, 0.3) is 0 Å². The van der Waals surface area contributed by atoms with Crippen LogP contribution in [0.1, 0.15) is 27.2 Å². The normalized spacial score (nSPS) is 13.8. The Labute approximate surface area is 119 Å². The number of aromatic nitrogens is 1. The molecular weight excluding hydrogens is 260 g/mol. The Balaban J connectivity index is 2.65. The van der Waals surface area contributed by atoms with Crippen molar-refractivity contribution in [2.45, 2.75) is 37.8 Å². The molecule has 1 N–H and O–H groups in total. The van der Waals surface area contributed by atoms with E-state index in [1.165, 1.54) is 0 Å². The van der Waals surface area contributed by atoms with Crippen molar-refractivity contribution >= 4 is 17.7 Å². The summed E-state index contributed by atoms with van der Waals surface area (Å²) >= 11 is 1.56. The number of thioether (sulfide) groups is 1. The molecule has 19 heavy (non-hydrogen) atoms. The fourth-order valence-electron chi connectivity index (χ4n) is 1.52. The highest BCUT2D eigenvalue weighted by Crippen LogP contribution is 2.21. The van der Waals surface area contributed by atoms with E-state index in [2.05, 4.69) is 17.2 Å². The minimum atomic E-state index is -0.672. The van der Waals surface area contributed by atoms with E-state index < -0.39 is 5.54 Å². The van der Waals surface area contributed by atoms with Crippen molar-refractivity contribution in [2.24, 2.45) is 0 Å². The molecule has 0 aliphatic heterocycles. The van der Waals surface area contributed by atoms with Crippen molar-refractivity contribution in [3.8, 4) is 0 Å². The lowest BCUT2D eigenvalue weighted by molar-refractivity contribution is -0.149. The predicted octanol–water partition coefficient (Wildman–Crippen LogP) is 2.50. The molecule has 0 aromatic carbocycles. The van der Waals surface area contributed by atoms with E-state index in [1.54, 1.807) is 18.0 Å². The van der Waals surface area contributed by atoms with Gasteiger partial charge in [0, 0.05) is 11.9 Å². The summed E-state index contributed by atoms with van der Waals surface area (Å²) in [6, 6.07) is 5.76. The third kappa shape index (κ3) is 5.20. The van der Waals surface area contributed by atoms with E-state index in [0.717, 1.165) is 18.0 Å². The van der Waals surface area contributed by atoms with Gasteiger partial charge in [-0.3, -0.25) is 4.79 Å². The van der Waals surface area contributed by atoms with Crippen molar-refractivity contribution in [3.63, 3.8) is 0 Å². The zero-order valence-electron chi connectivity index (χ0n) is 11.8.